The van der Waals surface area contributed by atoms with Crippen LogP contribution in [0, 0.1) is 29.5 Å². The Balaban J connectivity index is 1.21. The summed E-state index contributed by atoms with van der Waals surface area (Å²) in [6.07, 6.45) is 11.3. The molecule has 0 saturated heterocycles. The quantitative estimate of drug-likeness (QED) is 0.735. The number of amides is 1. The van der Waals surface area contributed by atoms with Crippen LogP contribution in [0.4, 0.5) is 4.39 Å². The summed E-state index contributed by atoms with van der Waals surface area (Å²) in [5.41, 5.74) is 2.08. The third-order valence-electron chi connectivity index (χ3n) is 8.14. The van der Waals surface area contributed by atoms with E-state index in [0.717, 1.165) is 48.4 Å². The van der Waals surface area contributed by atoms with Crippen molar-refractivity contribution in [3.63, 3.8) is 0 Å². The van der Waals surface area contributed by atoms with Gasteiger partial charge in [-0.05, 0) is 98.4 Å². The molecule has 1 amide bonds. The van der Waals surface area contributed by atoms with E-state index in [-0.39, 0.29) is 17.6 Å². The molecule has 5 rings (SSSR count). The lowest BCUT2D eigenvalue weighted by molar-refractivity contribution is -0.127. The fraction of sp³-hybridized carbons (Fsp3) is 0.600. The third-order valence-corrected chi connectivity index (χ3v) is 8.14. The van der Waals surface area contributed by atoms with E-state index in [1.807, 2.05) is 6.20 Å². The number of rotatable bonds is 4. The van der Waals surface area contributed by atoms with E-state index in [1.54, 1.807) is 12.1 Å². The number of benzene rings is 1. The average molecular weight is 395 g/mol. The first-order valence-electron chi connectivity index (χ1n) is 11.4. The van der Waals surface area contributed by atoms with E-state index in [9.17, 15) is 9.18 Å². The summed E-state index contributed by atoms with van der Waals surface area (Å²) in [7, 11) is 0. The molecule has 1 heterocycles. The van der Waals surface area contributed by atoms with E-state index in [4.69, 9.17) is 0 Å². The van der Waals surface area contributed by atoms with Crippen molar-refractivity contribution in [2.45, 2.75) is 70.3 Å². The first-order valence-corrected chi connectivity index (χ1v) is 11.4. The molecular weight excluding hydrogens is 363 g/mol. The van der Waals surface area contributed by atoms with E-state index in [1.165, 1.54) is 37.3 Å². The van der Waals surface area contributed by atoms with Gasteiger partial charge in [-0.1, -0.05) is 13.3 Å². The monoisotopic (exact) mass is 394 g/mol. The zero-order valence-electron chi connectivity index (χ0n) is 17.2. The zero-order chi connectivity index (χ0) is 20.0. The summed E-state index contributed by atoms with van der Waals surface area (Å²) >= 11 is 0. The Morgan fingerprint density at radius 1 is 1.10 bits per heavy atom. The number of halogens is 1. The number of aromatic nitrogens is 1. The van der Waals surface area contributed by atoms with E-state index >= 15 is 0 Å². The standard InChI is InChI=1S/C25H31FN2O/c1-15(25(29)28-24-13-16-2-3-19(24)12-16)17-4-6-18(7-5-17)21-10-11-27-23-9-8-20(26)14-22(21)23/h8-11,14-19,24H,2-7,12-13H2,1H3,(H,28,29)/t15-,16?,17-,18+,19?,24+/m1/s1. The second-order valence-electron chi connectivity index (χ2n) is 9.75. The molecule has 3 fully saturated rings. The van der Waals surface area contributed by atoms with Crippen molar-refractivity contribution in [3.05, 3.63) is 41.8 Å². The molecule has 2 unspecified atom stereocenters. The largest absolute Gasteiger partial charge is 0.353 e. The van der Waals surface area contributed by atoms with Crippen LogP contribution in [-0.4, -0.2) is 16.9 Å². The van der Waals surface area contributed by atoms with Gasteiger partial charge in [-0.2, -0.15) is 0 Å². The number of hydrogen-bond donors (Lipinski definition) is 1. The maximum atomic E-state index is 13.8. The van der Waals surface area contributed by atoms with Crippen LogP contribution >= 0.6 is 0 Å². The third kappa shape index (κ3) is 3.67. The Morgan fingerprint density at radius 3 is 2.66 bits per heavy atom. The summed E-state index contributed by atoms with van der Waals surface area (Å²) < 4.78 is 13.8. The van der Waals surface area contributed by atoms with Gasteiger partial charge < -0.3 is 5.32 Å². The molecule has 4 atom stereocenters. The second kappa shape index (κ2) is 7.70. The molecule has 0 aliphatic heterocycles. The number of fused-ring (bicyclic) bond motifs is 3. The number of carbonyl (C=O) groups is 1. The highest BCUT2D eigenvalue weighted by Crippen LogP contribution is 2.45. The minimum atomic E-state index is -0.202. The summed E-state index contributed by atoms with van der Waals surface area (Å²) in [4.78, 5) is 17.3. The Kier molecular flexibility index (Phi) is 5.05. The van der Waals surface area contributed by atoms with Crippen LogP contribution in [0.1, 0.15) is 69.8 Å². The molecule has 3 saturated carbocycles. The molecule has 1 aromatic carbocycles. The summed E-state index contributed by atoms with van der Waals surface area (Å²) in [5, 5.41) is 4.33. The highest BCUT2D eigenvalue weighted by Gasteiger charge is 2.41. The minimum Gasteiger partial charge on any atom is -0.353 e. The highest BCUT2D eigenvalue weighted by atomic mass is 19.1. The number of hydrogen-bond acceptors (Lipinski definition) is 2. The Bertz CT molecular complexity index is 905. The molecule has 2 aromatic rings. The topological polar surface area (TPSA) is 42.0 Å². The first-order chi connectivity index (χ1) is 14.1. The molecule has 2 bridgehead atoms. The number of carbonyl (C=O) groups excluding carboxylic acids is 1. The summed E-state index contributed by atoms with van der Waals surface area (Å²) in [6.45, 7) is 2.12. The predicted molar refractivity (Wildman–Crippen MR) is 113 cm³/mol. The molecule has 29 heavy (non-hydrogen) atoms. The SMILES string of the molecule is C[C@@H](C(=O)N[C@H]1CC2CCC1C2)[C@H]1CC[C@@H](c2ccnc3ccc(F)cc32)CC1. The maximum absolute atomic E-state index is 13.8. The van der Waals surface area contributed by atoms with Crippen molar-refractivity contribution in [1.29, 1.82) is 0 Å². The molecule has 3 aliphatic rings. The fourth-order valence-corrected chi connectivity index (χ4v) is 6.38. The zero-order valence-corrected chi connectivity index (χ0v) is 17.2. The lowest BCUT2D eigenvalue weighted by Crippen LogP contribution is -2.43. The molecule has 4 heteroatoms. The van der Waals surface area contributed by atoms with Gasteiger partial charge in [0.25, 0.3) is 0 Å². The molecule has 3 nitrogen and oxygen atoms in total. The van der Waals surface area contributed by atoms with Gasteiger partial charge in [0.1, 0.15) is 5.82 Å². The van der Waals surface area contributed by atoms with Gasteiger partial charge in [-0.25, -0.2) is 4.39 Å². The molecule has 0 spiro atoms. The lowest BCUT2D eigenvalue weighted by atomic mass is 9.73. The van der Waals surface area contributed by atoms with Crippen LogP contribution in [-0.2, 0) is 4.79 Å². The normalized spacial score (nSPS) is 32.4. The van der Waals surface area contributed by atoms with Crippen LogP contribution in [0.15, 0.2) is 30.5 Å². The predicted octanol–water partition coefficient (Wildman–Crippen LogP) is 5.59. The van der Waals surface area contributed by atoms with Gasteiger partial charge in [0, 0.05) is 23.5 Å². The van der Waals surface area contributed by atoms with Gasteiger partial charge in [0.05, 0.1) is 5.52 Å². The van der Waals surface area contributed by atoms with Gasteiger partial charge in [0.15, 0.2) is 0 Å². The van der Waals surface area contributed by atoms with Crippen molar-refractivity contribution in [2.75, 3.05) is 0 Å². The van der Waals surface area contributed by atoms with Crippen LogP contribution < -0.4 is 5.32 Å². The van der Waals surface area contributed by atoms with E-state index < -0.39 is 0 Å². The van der Waals surface area contributed by atoms with Crippen molar-refractivity contribution < 1.29 is 9.18 Å². The minimum absolute atomic E-state index is 0.0849. The number of pyridine rings is 1. The summed E-state index contributed by atoms with van der Waals surface area (Å²) in [5.74, 6) is 2.62. The Hall–Kier alpha value is -1.97. The maximum Gasteiger partial charge on any atom is 0.223 e. The highest BCUT2D eigenvalue weighted by molar-refractivity contribution is 5.82. The molecule has 0 radical (unpaired) electrons. The van der Waals surface area contributed by atoms with Crippen LogP contribution in [0.3, 0.4) is 0 Å². The number of nitrogens with one attached hydrogen (secondary N) is 1. The first kappa shape index (κ1) is 19.0. The molecular formula is C25H31FN2O. The van der Waals surface area contributed by atoms with Gasteiger partial charge >= 0.3 is 0 Å². The van der Waals surface area contributed by atoms with Gasteiger partial charge in [-0.15, -0.1) is 0 Å². The Morgan fingerprint density at radius 2 is 1.93 bits per heavy atom. The fourth-order valence-electron chi connectivity index (χ4n) is 6.38. The van der Waals surface area contributed by atoms with Gasteiger partial charge in [0.2, 0.25) is 5.91 Å². The van der Waals surface area contributed by atoms with Crippen LogP contribution in [0.2, 0.25) is 0 Å². The molecule has 3 aliphatic carbocycles. The van der Waals surface area contributed by atoms with Gasteiger partial charge in [-0.3, -0.25) is 9.78 Å². The van der Waals surface area contributed by atoms with Crippen molar-refractivity contribution in [1.82, 2.24) is 10.3 Å². The van der Waals surface area contributed by atoms with Crippen molar-refractivity contribution in [3.8, 4) is 0 Å². The van der Waals surface area contributed by atoms with Crippen LogP contribution in [0.25, 0.3) is 10.9 Å². The Labute approximate surface area is 172 Å². The van der Waals surface area contributed by atoms with Crippen molar-refractivity contribution in [2.24, 2.45) is 23.7 Å². The van der Waals surface area contributed by atoms with E-state index in [0.29, 0.717) is 17.9 Å². The molecule has 1 aromatic heterocycles. The summed E-state index contributed by atoms with van der Waals surface area (Å²) in [6, 6.07) is 7.35. The molecule has 1 N–H and O–H groups in total. The van der Waals surface area contributed by atoms with Crippen LogP contribution in [0.5, 0.6) is 0 Å². The molecule has 154 valence electrons. The van der Waals surface area contributed by atoms with Crippen molar-refractivity contribution >= 4 is 16.8 Å². The smallest absolute Gasteiger partial charge is 0.223 e. The average Bonchev–Trinajstić information content (AvgIpc) is 3.36. The number of nitrogens with zero attached hydrogens (tertiary/aromatic N) is 1. The second-order valence-corrected chi connectivity index (χ2v) is 9.75. The lowest BCUT2D eigenvalue weighted by Gasteiger charge is -2.33. The van der Waals surface area contributed by atoms with E-state index in [2.05, 4.69) is 23.3 Å².